The Hall–Kier alpha value is -3.47. The van der Waals surface area contributed by atoms with Crippen LogP contribution in [-0.2, 0) is 20.9 Å². The second-order valence-electron chi connectivity index (χ2n) is 10.4. The maximum Gasteiger partial charge on any atom is 0.255 e. The number of piperidine rings is 1. The first kappa shape index (κ1) is 28.5. The molecule has 1 fully saturated rings. The molecule has 0 radical (unpaired) electrons. The average molecular weight is 530 g/mol. The summed E-state index contributed by atoms with van der Waals surface area (Å²) in [5.41, 5.74) is 9.61. The van der Waals surface area contributed by atoms with Crippen molar-refractivity contribution in [3.8, 4) is 11.8 Å². The van der Waals surface area contributed by atoms with Gasteiger partial charge in [0.1, 0.15) is 6.04 Å². The molecule has 2 aliphatic rings. The molecule has 2 heterocycles. The fraction of sp³-hybridized carbons (Fsp3) is 0.469. The first-order chi connectivity index (χ1) is 19.0. The summed E-state index contributed by atoms with van der Waals surface area (Å²) in [6.07, 6.45) is 9.54. The summed E-state index contributed by atoms with van der Waals surface area (Å²) < 4.78 is 5.75. The Balaban J connectivity index is 1.08. The molecule has 2 aromatic rings. The summed E-state index contributed by atoms with van der Waals surface area (Å²) in [6, 6.07) is 15.0. The lowest BCUT2D eigenvalue weighted by molar-refractivity contribution is -0.136. The fourth-order valence-electron chi connectivity index (χ4n) is 5.17. The van der Waals surface area contributed by atoms with Crippen molar-refractivity contribution in [2.75, 3.05) is 13.2 Å². The van der Waals surface area contributed by atoms with E-state index in [2.05, 4.69) is 17.2 Å². The molecule has 0 bridgehead atoms. The van der Waals surface area contributed by atoms with E-state index in [0.29, 0.717) is 25.1 Å². The SMILES string of the molecule is NC(COCCCCCCCCCC#Cc1cccc2c1CN(C1CCC(=O)NC1=O)C2=O)c1ccccc1. The summed E-state index contributed by atoms with van der Waals surface area (Å²) >= 11 is 0. The Kier molecular flexibility index (Phi) is 10.7. The van der Waals surface area contributed by atoms with Gasteiger partial charge in [-0.15, -0.1) is 0 Å². The van der Waals surface area contributed by atoms with Gasteiger partial charge in [-0.2, -0.15) is 0 Å². The van der Waals surface area contributed by atoms with Crippen LogP contribution in [0.25, 0.3) is 0 Å². The Morgan fingerprint density at radius 3 is 2.46 bits per heavy atom. The van der Waals surface area contributed by atoms with E-state index in [0.717, 1.165) is 49.0 Å². The van der Waals surface area contributed by atoms with Crippen molar-refractivity contribution >= 4 is 17.7 Å². The molecule has 2 aliphatic heterocycles. The van der Waals surface area contributed by atoms with Crippen LogP contribution >= 0.6 is 0 Å². The number of hydrogen-bond donors (Lipinski definition) is 2. The van der Waals surface area contributed by atoms with Crippen molar-refractivity contribution in [3.05, 3.63) is 70.8 Å². The van der Waals surface area contributed by atoms with Gasteiger partial charge in [-0.1, -0.05) is 80.3 Å². The van der Waals surface area contributed by atoms with E-state index in [4.69, 9.17) is 10.5 Å². The van der Waals surface area contributed by atoms with Gasteiger partial charge >= 0.3 is 0 Å². The minimum absolute atomic E-state index is 0.0628. The third-order valence-corrected chi connectivity index (χ3v) is 7.42. The Morgan fingerprint density at radius 1 is 0.949 bits per heavy atom. The third kappa shape index (κ3) is 8.01. The van der Waals surface area contributed by atoms with E-state index in [-0.39, 0.29) is 24.3 Å². The molecule has 39 heavy (non-hydrogen) atoms. The standard InChI is InChI=1S/C32H39N3O4/c33-28(25-15-10-8-11-16-25)23-39-21-12-7-5-3-1-2-4-6-9-14-24-17-13-18-26-27(24)22-35(32(26)38)29-19-20-30(36)34-31(29)37/h8,10-11,13,15-18,28-29H,1-7,12,19-23,33H2,(H,34,36,37). The van der Waals surface area contributed by atoms with Crippen LogP contribution in [0.1, 0.15) is 97.3 Å². The molecule has 4 rings (SSSR count). The molecule has 206 valence electrons. The topological polar surface area (TPSA) is 102 Å². The highest BCUT2D eigenvalue weighted by atomic mass is 16.5. The molecule has 3 amide bonds. The highest BCUT2D eigenvalue weighted by molar-refractivity contribution is 6.05. The lowest BCUT2D eigenvalue weighted by Crippen LogP contribution is -2.52. The summed E-state index contributed by atoms with van der Waals surface area (Å²) in [7, 11) is 0. The summed E-state index contributed by atoms with van der Waals surface area (Å²) in [6.45, 7) is 1.68. The lowest BCUT2D eigenvalue weighted by Gasteiger charge is -2.29. The van der Waals surface area contributed by atoms with E-state index < -0.39 is 11.9 Å². The van der Waals surface area contributed by atoms with Crippen LogP contribution in [0.5, 0.6) is 0 Å². The molecule has 0 aliphatic carbocycles. The number of fused-ring (bicyclic) bond motifs is 1. The molecule has 2 unspecified atom stereocenters. The van der Waals surface area contributed by atoms with Gasteiger partial charge in [0, 0.05) is 37.1 Å². The largest absolute Gasteiger partial charge is 0.379 e. The lowest BCUT2D eigenvalue weighted by atomic mass is 10.0. The van der Waals surface area contributed by atoms with E-state index >= 15 is 0 Å². The van der Waals surface area contributed by atoms with Crippen molar-refractivity contribution in [1.29, 1.82) is 0 Å². The van der Waals surface area contributed by atoms with Crippen molar-refractivity contribution in [2.24, 2.45) is 5.73 Å². The number of nitrogens with zero attached hydrogens (tertiary/aromatic N) is 1. The predicted molar refractivity (Wildman–Crippen MR) is 150 cm³/mol. The molecule has 0 aromatic heterocycles. The number of nitrogens with two attached hydrogens (primary N) is 1. The molecule has 3 N–H and O–H groups in total. The molecule has 7 heteroatoms. The summed E-state index contributed by atoms with van der Waals surface area (Å²) in [4.78, 5) is 38.3. The van der Waals surface area contributed by atoms with E-state index in [1.54, 1.807) is 11.0 Å². The van der Waals surface area contributed by atoms with Crippen LogP contribution in [0, 0.1) is 11.8 Å². The number of nitrogens with one attached hydrogen (secondary N) is 1. The first-order valence-electron chi connectivity index (χ1n) is 14.2. The van der Waals surface area contributed by atoms with Gasteiger partial charge in [-0.25, -0.2) is 0 Å². The fourth-order valence-corrected chi connectivity index (χ4v) is 5.17. The zero-order valence-electron chi connectivity index (χ0n) is 22.6. The molecule has 2 atom stereocenters. The number of benzene rings is 2. The van der Waals surface area contributed by atoms with Crippen molar-refractivity contribution in [1.82, 2.24) is 10.2 Å². The van der Waals surface area contributed by atoms with Crippen LogP contribution in [0.4, 0.5) is 0 Å². The van der Waals surface area contributed by atoms with Crippen molar-refractivity contribution < 1.29 is 19.1 Å². The highest BCUT2D eigenvalue weighted by Gasteiger charge is 2.39. The normalized spacial score (nSPS) is 17.4. The number of imide groups is 1. The van der Waals surface area contributed by atoms with Crippen LogP contribution < -0.4 is 11.1 Å². The predicted octanol–water partition coefficient (Wildman–Crippen LogP) is 4.64. The second kappa shape index (κ2) is 14.6. The van der Waals surface area contributed by atoms with Crippen molar-refractivity contribution in [3.63, 3.8) is 0 Å². The van der Waals surface area contributed by atoms with Gasteiger partial charge in [-0.3, -0.25) is 19.7 Å². The van der Waals surface area contributed by atoms with Crippen LogP contribution in [0.2, 0.25) is 0 Å². The van der Waals surface area contributed by atoms with Gasteiger partial charge in [0.25, 0.3) is 5.91 Å². The van der Waals surface area contributed by atoms with Crippen LogP contribution in [-0.4, -0.2) is 41.9 Å². The maximum atomic E-state index is 12.9. The highest BCUT2D eigenvalue weighted by Crippen LogP contribution is 2.29. The van der Waals surface area contributed by atoms with Crippen LogP contribution in [0.3, 0.4) is 0 Å². The summed E-state index contributed by atoms with van der Waals surface area (Å²) in [5, 5.41) is 2.35. The smallest absolute Gasteiger partial charge is 0.255 e. The second-order valence-corrected chi connectivity index (χ2v) is 10.4. The molecule has 1 saturated heterocycles. The van der Waals surface area contributed by atoms with Gasteiger partial charge in [0.15, 0.2) is 0 Å². The molecule has 0 spiro atoms. The number of amides is 3. The van der Waals surface area contributed by atoms with E-state index in [1.165, 1.54) is 25.7 Å². The molecule has 0 saturated carbocycles. The van der Waals surface area contributed by atoms with E-state index in [9.17, 15) is 14.4 Å². The van der Waals surface area contributed by atoms with Crippen molar-refractivity contribution in [2.45, 2.75) is 82.8 Å². The van der Waals surface area contributed by atoms with Gasteiger partial charge in [0.2, 0.25) is 11.8 Å². The Bertz CT molecular complexity index is 1200. The molecule has 7 nitrogen and oxygen atoms in total. The zero-order valence-corrected chi connectivity index (χ0v) is 22.6. The van der Waals surface area contributed by atoms with Gasteiger partial charge < -0.3 is 15.4 Å². The number of rotatable bonds is 13. The maximum absolute atomic E-state index is 12.9. The molecule has 2 aromatic carbocycles. The number of carbonyl (C=O) groups is 3. The Labute approximate surface area is 231 Å². The monoisotopic (exact) mass is 529 g/mol. The summed E-state index contributed by atoms with van der Waals surface area (Å²) in [5.74, 6) is 5.69. The minimum Gasteiger partial charge on any atom is -0.379 e. The van der Waals surface area contributed by atoms with Gasteiger partial charge in [-0.05, 0) is 42.5 Å². The number of carbonyl (C=O) groups excluding carboxylic acids is 3. The van der Waals surface area contributed by atoms with Gasteiger partial charge in [0.05, 0.1) is 12.6 Å². The van der Waals surface area contributed by atoms with E-state index in [1.807, 2.05) is 42.5 Å². The average Bonchev–Trinajstić information content (AvgIpc) is 3.28. The quantitative estimate of drug-likeness (QED) is 0.224. The first-order valence-corrected chi connectivity index (χ1v) is 14.2. The molecular weight excluding hydrogens is 490 g/mol. The number of hydrogen-bond acceptors (Lipinski definition) is 5. The molecular formula is C32H39N3O4. The Morgan fingerprint density at radius 2 is 1.69 bits per heavy atom. The number of unbranched alkanes of at least 4 members (excludes halogenated alkanes) is 7. The minimum atomic E-state index is -0.603. The third-order valence-electron chi connectivity index (χ3n) is 7.42. The van der Waals surface area contributed by atoms with Crippen LogP contribution in [0.15, 0.2) is 48.5 Å². The zero-order chi connectivity index (χ0) is 27.5. The number of ether oxygens (including phenoxy) is 1.